The molecule has 0 spiro atoms. The molecule has 0 aliphatic rings. The fourth-order valence-corrected chi connectivity index (χ4v) is 0.610. The summed E-state index contributed by atoms with van der Waals surface area (Å²) in [4.78, 5) is 6.82. The maximum absolute atomic E-state index is 8.36. The third-order valence-electron chi connectivity index (χ3n) is 1.26. The largest absolute Gasteiger partial charge is 0.369 e. The summed E-state index contributed by atoms with van der Waals surface area (Å²) in [5, 5.41) is 20.5. The molecular formula is C10H18N8. The van der Waals surface area contributed by atoms with Crippen LogP contribution >= 0.6 is 0 Å². The molecule has 0 saturated heterocycles. The highest BCUT2D eigenvalue weighted by Crippen LogP contribution is 2.00. The minimum Gasteiger partial charge on any atom is -0.369 e. The Labute approximate surface area is 118 Å². The van der Waals surface area contributed by atoms with Gasteiger partial charge in [-0.05, 0) is 12.7 Å². The summed E-state index contributed by atoms with van der Waals surface area (Å²) >= 11 is 0. The van der Waals surface area contributed by atoms with Crippen molar-refractivity contribution in [3.8, 4) is 12.4 Å². The van der Waals surface area contributed by atoms with E-state index in [0.29, 0.717) is 0 Å². The number of hydrogen-bond donors (Lipinski definition) is 4. The number of rotatable bonds is 7. The number of aliphatic imine (C=N–C) groups is 2. The Bertz CT molecular complexity index is 588. The second-order valence-electron chi connectivity index (χ2n) is 2.48. The van der Waals surface area contributed by atoms with Crippen molar-refractivity contribution in [2.24, 2.45) is 21.5 Å². The standard InChI is InChI=1S/C10H18N8/c11-7-17-9(13)15-5-3-1-2-4-6-16-10(14)18-8-12/h1-6H2,(H3,13,15,17)(H3,14,16,18)/i1D2,2D2,3D2,4D2. The van der Waals surface area contributed by atoms with E-state index < -0.39 is 50.5 Å². The van der Waals surface area contributed by atoms with Crippen molar-refractivity contribution >= 4 is 11.9 Å². The molecule has 0 saturated carbocycles. The molecule has 0 unspecified atom stereocenters. The summed E-state index contributed by atoms with van der Waals surface area (Å²) < 4.78 is 62.4. The van der Waals surface area contributed by atoms with Gasteiger partial charge in [-0.15, -0.1) is 0 Å². The third kappa shape index (κ3) is 10.1. The summed E-state index contributed by atoms with van der Waals surface area (Å²) in [5.41, 5.74) is 10.5. The Morgan fingerprint density at radius 3 is 1.67 bits per heavy atom. The van der Waals surface area contributed by atoms with E-state index in [-0.39, 0.29) is 0 Å². The molecule has 0 rings (SSSR count). The Hall–Kier alpha value is -2.48. The van der Waals surface area contributed by atoms with Gasteiger partial charge in [-0.2, -0.15) is 10.5 Å². The Morgan fingerprint density at radius 1 is 0.944 bits per heavy atom. The third-order valence-corrected chi connectivity index (χ3v) is 1.26. The first-order chi connectivity index (χ1) is 11.7. The smallest absolute Gasteiger partial charge is 0.202 e. The van der Waals surface area contributed by atoms with E-state index >= 15 is 0 Å². The molecule has 0 aromatic rings. The lowest BCUT2D eigenvalue weighted by molar-refractivity contribution is 0.653. The summed E-state index contributed by atoms with van der Waals surface area (Å²) in [5.74, 6) is -1.01. The molecule has 98 valence electrons. The lowest BCUT2D eigenvalue weighted by Crippen LogP contribution is -2.27. The van der Waals surface area contributed by atoms with Gasteiger partial charge in [0, 0.05) is 24.1 Å². The second kappa shape index (κ2) is 11.0. The zero-order chi connectivity index (χ0) is 20.8. The number of nitrogens with two attached hydrogens (primary N) is 2. The maximum Gasteiger partial charge on any atom is 0.202 e. The van der Waals surface area contributed by atoms with Crippen molar-refractivity contribution in [1.82, 2.24) is 10.6 Å². The molecule has 0 fully saturated rings. The summed E-state index contributed by atoms with van der Waals surface area (Å²) in [6.07, 6.45) is -9.91. The van der Waals surface area contributed by atoms with Gasteiger partial charge in [0.05, 0.1) is 0 Å². The zero-order valence-corrected chi connectivity index (χ0v) is 9.36. The predicted octanol–water partition coefficient (Wildman–Crippen LogP) is -0.682. The van der Waals surface area contributed by atoms with Gasteiger partial charge >= 0.3 is 0 Å². The molecule has 8 nitrogen and oxygen atoms in total. The molecule has 8 heteroatoms. The number of nitriles is 2. The lowest BCUT2D eigenvalue weighted by Gasteiger charge is -1.99. The number of guanidine groups is 2. The van der Waals surface area contributed by atoms with Crippen molar-refractivity contribution in [2.75, 3.05) is 13.1 Å². The van der Waals surface area contributed by atoms with Crippen molar-refractivity contribution < 1.29 is 11.0 Å². The second-order valence-corrected chi connectivity index (χ2v) is 2.48. The zero-order valence-electron chi connectivity index (χ0n) is 17.4. The Kier molecular flexibility index (Phi) is 3.95. The van der Waals surface area contributed by atoms with Crippen LogP contribution in [0.3, 0.4) is 0 Å². The van der Waals surface area contributed by atoms with E-state index in [9.17, 15) is 0 Å². The Morgan fingerprint density at radius 2 is 1.33 bits per heavy atom. The van der Waals surface area contributed by atoms with Crippen LogP contribution in [0.25, 0.3) is 0 Å². The van der Waals surface area contributed by atoms with Crippen LogP contribution in [0.1, 0.15) is 36.5 Å². The maximum atomic E-state index is 8.36. The highest BCUT2D eigenvalue weighted by Gasteiger charge is 1.92. The monoisotopic (exact) mass is 258 g/mol. The topological polar surface area (TPSA) is 148 Å². The summed E-state index contributed by atoms with van der Waals surface area (Å²) in [7, 11) is 0. The fourth-order valence-electron chi connectivity index (χ4n) is 0.610. The van der Waals surface area contributed by atoms with Crippen LogP contribution < -0.4 is 22.1 Å². The molecule has 18 heavy (non-hydrogen) atoms. The molecular weight excluding hydrogens is 232 g/mol. The van der Waals surface area contributed by atoms with Gasteiger partial charge in [0.2, 0.25) is 11.9 Å². The van der Waals surface area contributed by atoms with Gasteiger partial charge in [-0.1, -0.05) is 12.7 Å². The molecule has 0 radical (unpaired) electrons. The van der Waals surface area contributed by atoms with Crippen LogP contribution in [-0.2, 0) is 0 Å². The van der Waals surface area contributed by atoms with E-state index in [4.69, 9.17) is 33.0 Å². The molecule has 0 heterocycles. The van der Waals surface area contributed by atoms with Crippen LogP contribution in [0, 0.1) is 22.9 Å². The normalized spacial score (nSPS) is 21.2. The first-order valence-electron chi connectivity index (χ1n) is 8.56. The van der Waals surface area contributed by atoms with E-state index in [2.05, 4.69) is 9.98 Å². The summed E-state index contributed by atoms with van der Waals surface area (Å²) in [6, 6.07) is 0. The highest BCUT2D eigenvalue weighted by atomic mass is 15.1. The minimum atomic E-state index is -3.38. The molecule has 0 bridgehead atoms. The molecule has 0 aromatic carbocycles. The molecule has 6 N–H and O–H groups in total. The first kappa shape index (κ1) is 6.45. The van der Waals surface area contributed by atoms with Crippen molar-refractivity contribution in [1.29, 1.82) is 10.5 Å². The average Bonchev–Trinajstić information content (AvgIpc) is 2.51. The SMILES string of the molecule is [2H]C([2H])(CN=C(N)NC#N)C([2H])([2H])C([2H])([2H])C([2H])([2H])CN=C(N)NC#N. The fraction of sp³-hybridized carbons (Fsp3) is 0.600. The van der Waals surface area contributed by atoms with Crippen LogP contribution in [0.15, 0.2) is 9.98 Å². The van der Waals surface area contributed by atoms with Crippen LogP contribution in [0.5, 0.6) is 0 Å². The van der Waals surface area contributed by atoms with Crippen LogP contribution in [0.4, 0.5) is 0 Å². The molecule has 0 aliphatic carbocycles. The van der Waals surface area contributed by atoms with E-state index in [1.165, 1.54) is 12.4 Å². The van der Waals surface area contributed by atoms with E-state index in [1.807, 2.05) is 10.6 Å². The quantitative estimate of drug-likeness (QED) is 0.206. The average molecular weight is 258 g/mol. The Balaban J connectivity index is 5.63. The van der Waals surface area contributed by atoms with Gasteiger partial charge in [0.1, 0.15) is 0 Å². The van der Waals surface area contributed by atoms with Gasteiger partial charge in [-0.25, -0.2) is 0 Å². The minimum absolute atomic E-state index is 0.504. The molecule has 0 atom stereocenters. The van der Waals surface area contributed by atoms with Crippen molar-refractivity contribution in [2.45, 2.75) is 25.5 Å². The predicted molar refractivity (Wildman–Crippen MR) is 68.9 cm³/mol. The molecule has 0 aromatic heterocycles. The summed E-state index contributed by atoms with van der Waals surface area (Å²) in [6.45, 7) is -1.95. The van der Waals surface area contributed by atoms with E-state index in [0.717, 1.165) is 0 Å². The number of nitrogens with zero attached hydrogens (tertiary/aromatic N) is 4. The van der Waals surface area contributed by atoms with Gasteiger partial charge in [0.25, 0.3) is 0 Å². The van der Waals surface area contributed by atoms with Gasteiger partial charge in [0.15, 0.2) is 12.4 Å². The highest BCUT2D eigenvalue weighted by molar-refractivity contribution is 5.79. The van der Waals surface area contributed by atoms with E-state index in [1.54, 1.807) is 0 Å². The molecule has 0 aliphatic heterocycles. The first-order valence-corrected chi connectivity index (χ1v) is 4.56. The number of hydrogen-bond acceptors (Lipinski definition) is 4. The molecule has 0 amide bonds. The van der Waals surface area contributed by atoms with Crippen molar-refractivity contribution in [3.05, 3.63) is 0 Å². The van der Waals surface area contributed by atoms with Crippen LogP contribution in [-0.4, -0.2) is 25.0 Å². The van der Waals surface area contributed by atoms with Gasteiger partial charge in [-0.3, -0.25) is 20.6 Å². The van der Waals surface area contributed by atoms with Crippen LogP contribution in [0.2, 0.25) is 0 Å². The number of nitrogens with one attached hydrogen (secondary N) is 2. The van der Waals surface area contributed by atoms with Gasteiger partial charge < -0.3 is 11.5 Å². The van der Waals surface area contributed by atoms with Crippen molar-refractivity contribution in [3.63, 3.8) is 0 Å². The lowest BCUT2D eigenvalue weighted by atomic mass is 10.2.